The number of hydrogen-bond donors (Lipinski definition) is 2. The number of rotatable bonds is 7. The Morgan fingerprint density at radius 2 is 1.89 bits per heavy atom. The molecule has 0 saturated carbocycles. The largest absolute Gasteiger partial charge is 0.493 e. The third kappa shape index (κ3) is 4.87. The Kier molecular flexibility index (Phi) is 7.63. The minimum atomic E-state index is -3.79. The number of methoxy groups -OCH3 is 1. The molecule has 0 fully saturated rings. The predicted octanol–water partition coefficient (Wildman–Crippen LogP) is 4.83. The Labute approximate surface area is 210 Å². The van der Waals surface area contributed by atoms with Crippen LogP contribution in [0.1, 0.15) is 60.5 Å². The molecule has 1 aliphatic carbocycles. The number of nitrogens with two attached hydrogens (primary N) is 1. The van der Waals surface area contributed by atoms with Crippen molar-refractivity contribution in [2.24, 2.45) is 0 Å². The number of para-hydroxylation sites is 1. The summed E-state index contributed by atoms with van der Waals surface area (Å²) < 4.78 is 33.1. The van der Waals surface area contributed by atoms with E-state index >= 15 is 0 Å². The highest BCUT2D eigenvalue weighted by atomic mass is 32.2. The molecule has 0 bridgehead atoms. The summed E-state index contributed by atoms with van der Waals surface area (Å²) in [7, 11) is -2.40. The van der Waals surface area contributed by atoms with E-state index in [0.29, 0.717) is 23.7 Å². The molecule has 2 aromatic heterocycles. The van der Waals surface area contributed by atoms with Crippen LogP contribution in [-0.2, 0) is 22.9 Å². The van der Waals surface area contributed by atoms with Crippen molar-refractivity contribution < 1.29 is 17.9 Å². The van der Waals surface area contributed by atoms with Crippen molar-refractivity contribution in [2.75, 3.05) is 31.2 Å². The van der Waals surface area contributed by atoms with Crippen LogP contribution < -0.4 is 15.8 Å². The lowest BCUT2D eigenvalue weighted by atomic mass is 9.96. The summed E-state index contributed by atoms with van der Waals surface area (Å²) in [5.41, 5.74) is 9.39. The Morgan fingerprint density at radius 3 is 2.57 bits per heavy atom. The molecule has 10 heteroatoms. The SMILES string of the molecule is CCN(CC)S(=O)(=O)c1cccc(NC(=O)c2sc3nc4c(cc3c2N)CCCCCC4)c1OC. The molecule has 0 unspecified atom stereocenters. The molecule has 0 atom stereocenters. The van der Waals surface area contributed by atoms with Gasteiger partial charge in [0.25, 0.3) is 5.91 Å². The van der Waals surface area contributed by atoms with E-state index < -0.39 is 15.9 Å². The number of pyridine rings is 1. The summed E-state index contributed by atoms with van der Waals surface area (Å²) in [6.45, 7) is 4.21. The van der Waals surface area contributed by atoms with E-state index in [1.54, 1.807) is 26.0 Å². The first-order chi connectivity index (χ1) is 16.8. The summed E-state index contributed by atoms with van der Waals surface area (Å²) in [6.07, 6.45) is 6.59. The van der Waals surface area contributed by atoms with Gasteiger partial charge in [-0.3, -0.25) is 4.79 Å². The smallest absolute Gasteiger partial charge is 0.268 e. The number of amides is 1. The third-order valence-electron chi connectivity index (χ3n) is 6.46. The number of hydrogen-bond acceptors (Lipinski definition) is 7. The van der Waals surface area contributed by atoms with Gasteiger partial charge in [0.15, 0.2) is 5.75 Å². The molecule has 0 saturated heterocycles. The molecular formula is C25H32N4O4S2. The molecular weight excluding hydrogens is 484 g/mol. The normalized spacial score (nSPS) is 14.4. The van der Waals surface area contributed by atoms with Gasteiger partial charge < -0.3 is 15.8 Å². The number of nitrogens with one attached hydrogen (secondary N) is 1. The Balaban J connectivity index is 1.70. The molecule has 3 N–H and O–H groups in total. The van der Waals surface area contributed by atoms with Gasteiger partial charge in [-0.25, -0.2) is 13.4 Å². The van der Waals surface area contributed by atoms with E-state index in [9.17, 15) is 13.2 Å². The van der Waals surface area contributed by atoms with Gasteiger partial charge in [0.1, 0.15) is 14.6 Å². The van der Waals surface area contributed by atoms with Crippen LogP contribution >= 0.6 is 11.3 Å². The number of fused-ring (bicyclic) bond motifs is 2. The van der Waals surface area contributed by atoms with Gasteiger partial charge in [0.05, 0.1) is 18.5 Å². The number of aryl methyl sites for hydroxylation is 2. The fourth-order valence-electron chi connectivity index (χ4n) is 4.59. The minimum Gasteiger partial charge on any atom is -0.493 e. The second kappa shape index (κ2) is 10.5. The topological polar surface area (TPSA) is 115 Å². The molecule has 8 nitrogen and oxygen atoms in total. The van der Waals surface area contributed by atoms with Crippen LogP contribution in [-0.4, -0.2) is 43.8 Å². The number of ether oxygens (including phenoxy) is 1. The standard InChI is InChI=1S/C25H32N4O4S2/c1-4-29(5-2)35(31,32)20-14-10-13-19(22(20)33-3)27-24(30)23-21(26)17-15-16-11-8-6-7-9-12-18(16)28-25(17)34-23/h10,13-15H,4-9,11-12,26H2,1-3H3,(H,27,30). The van der Waals surface area contributed by atoms with Crippen LogP contribution in [0.2, 0.25) is 0 Å². The number of nitrogen functional groups attached to an aromatic ring is 1. The summed E-state index contributed by atoms with van der Waals surface area (Å²) in [5.74, 6) is -0.331. The fourth-order valence-corrected chi connectivity index (χ4v) is 7.22. The van der Waals surface area contributed by atoms with E-state index in [1.807, 2.05) is 0 Å². The van der Waals surface area contributed by atoms with Gasteiger partial charge in [-0.2, -0.15) is 4.31 Å². The molecule has 1 amide bonds. The molecule has 4 rings (SSSR count). The van der Waals surface area contributed by atoms with Crippen molar-refractivity contribution in [1.82, 2.24) is 9.29 Å². The molecule has 1 aliphatic rings. The second-order valence-corrected chi connectivity index (χ2v) is 11.5. The maximum atomic E-state index is 13.3. The molecule has 188 valence electrons. The summed E-state index contributed by atoms with van der Waals surface area (Å²) in [5, 5.41) is 3.61. The molecule has 35 heavy (non-hydrogen) atoms. The van der Waals surface area contributed by atoms with E-state index in [1.165, 1.54) is 47.2 Å². The lowest BCUT2D eigenvalue weighted by Gasteiger charge is -2.21. The summed E-state index contributed by atoms with van der Waals surface area (Å²) in [4.78, 5) is 19.2. The zero-order chi connectivity index (χ0) is 25.2. The van der Waals surface area contributed by atoms with Crippen LogP contribution in [0.3, 0.4) is 0 Å². The van der Waals surface area contributed by atoms with Crippen LogP contribution in [0.25, 0.3) is 10.2 Å². The van der Waals surface area contributed by atoms with Crippen molar-refractivity contribution in [1.29, 1.82) is 0 Å². The van der Waals surface area contributed by atoms with Gasteiger partial charge >= 0.3 is 0 Å². The molecule has 1 aromatic carbocycles. The van der Waals surface area contributed by atoms with Crippen LogP contribution in [0.4, 0.5) is 11.4 Å². The molecule has 0 aliphatic heterocycles. The quantitative estimate of drug-likeness (QED) is 0.465. The first-order valence-electron chi connectivity index (χ1n) is 12.0. The molecule has 3 aromatic rings. The Morgan fingerprint density at radius 1 is 1.17 bits per heavy atom. The van der Waals surface area contributed by atoms with Crippen molar-refractivity contribution in [3.8, 4) is 5.75 Å². The monoisotopic (exact) mass is 516 g/mol. The van der Waals surface area contributed by atoms with Gasteiger partial charge in [-0.05, 0) is 49.4 Å². The summed E-state index contributed by atoms with van der Waals surface area (Å²) >= 11 is 1.26. The van der Waals surface area contributed by atoms with Gasteiger partial charge in [0, 0.05) is 24.2 Å². The predicted molar refractivity (Wildman–Crippen MR) is 141 cm³/mol. The number of carbonyl (C=O) groups is 1. The average molecular weight is 517 g/mol. The number of carbonyl (C=O) groups excluding carboxylic acids is 1. The maximum Gasteiger partial charge on any atom is 0.268 e. The van der Waals surface area contributed by atoms with Crippen molar-refractivity contribution in [3.63, 3.8) is 0 Å². The second-order valence-electron chi connectivity index (χ2n) is 8.59. The zero-order valence-corrected chi connectivity index (χ0v) is 22.0. The average Bonchev–Trinajstić information content (AvgIpc) is 3.14. The van der Waals surface area contributed by atoms with Crippen molar-refractivity contribution in [2.45, 2.75) is 57.3 Å². The van der Waals surface area contributed by atoms with Crippen LogP contribution in [0.15, 0.2) is 29.2 Å². The van der Waals surface area contributed by atoms with Crippen molar-refractivity contribution >= 4 is 48.9 Å². The number of sulfonamides is 1. The highest BCUT2D eigenvalue weighted by molar-refractivity contribution is 7.89. The first kappa shape index (κ1) is 25.4. The third-order valence-corrected chi connectivity index (χ3v) is 9.65. The van der Waals surface area contributed by atoms with Gasteiger partial charge in [-0.1, -0.05) is 32.8 Å². The van der Waals surface area contributed by atoms with Crippen molar-refractivity contribution in [3.05, 3.63) is 40.4 Å². The number of aromatic nitrogens is 1. The van der Waals surface area contributed by atoms with E-state index in [2.05, 4.69) is 11.4 Å². The highest BCUT2D eigenvalue weighted by Crippen LogP contribution is 2.38. The number of benzene rings is 1. The zero-order valence-electron chi connectivity index (χ0n) is 20.4. The van der Waals surface area contributed by atoms with E-state index in [0.717, 1.165) is 41.6 Å². The minimum absolute atomic E-state index is 0.00675. The lowest BCUT2D eigenvalue weighted by molar-refractivity contribution is 0.103. The van der Waals surface area contributed by atoms with Gasteiger partial charge in [0.2, 0.25) is 10.0 Å². The molecule has 0 radical (unpaired) electrons. The molecule has 2 heterocycles. The number of anilines is 2. The number of nitrogens with zero attached hydrogens (tertiary/aromatic N) is 2. The summed E-state index contributed by atoms with van der Waals surface area (Å²) in [6, 6.07) is 6.77. The van der Waals surface area contributed by atoms with E-state index in [-0.39, 0.29) is 16.3 Å². The number of thiophene rings is 1. The van der Waals surface area contributed by atoms with Gasteiger partial charge in [-0.15, -0.1) is 11.3 Å². The van der Waals surface area contributed by atoms with Crippen LogP contribution in [0.5, 0.6) is 5.75 Å². The first-order valence-corrected chi connectivity index (χ1v) is 14.3. The Bertz CT molecular complexity index is 1350. The lowest BCUT2D eigenvalue weighted by Crippen LogP contribution is -2.31. The highest BCUT2D eigenvalue weighted by Gasteiger charge is 2.28. The maximum absolute atomic E-state index is 13.3. The fraction of sp³-hybridized carbons (Fsp3) is 0.440. The van der Waals surface area contributed by atoms with E-state index in [4.69, 9.17) is 15.5 Å². The van der Waals surface area contributed by atoms with Crippen LogP contribution in [0, 0.1) is 0 Å². The Hall–Kier alpha value is -2.69. The molecule has 0 spiro atoms.